The molecule has 2 aromatic carbocycles. The average Bonchev–Trinajstić information content (AvgIpc) is 3.23. The van der Waals surface area contributed by atoms with Gasteiger partial charge in [-0.05, 0) is 36.8 Å². The molecule has 0 spiro atoms. The number of aryl methyl sites for hydroxylation is 1. The number of anilines is 1. The zero-order chi connectivity index (χ0) is 20.6. The van der Waals surface area contributed by atoms with E-state index in [2.05, 4.69) is 20.8 Å². The number of nitrogens with zero attached hydrogens (tertiary/aromatic N) is 2. The van der Waals surface area contributed by atoms with Crippen LogP contribution < -0.4 is 15.4 Å². The van der Waals surface area contributed by atoms with Crippen LogP contribution in [0.4, 0.5) is 5.69 Å². The summed E-state index contributed by atoms with van der Waals surface area (Å²) >= 11 is 1.19. The molecule has 0 unspecified atom stereocenters. The van der Waals surface area contributed by atoms with E-state index >= 15 is 0 Å². The Bertz CT molecular complexity index is 958. The highest BCUT2D eigenvalue weighted by molar-refractivity contribution is 7.13. The van der Waals surface area contributed by atoms with Gasteiger partial charge in [0.1, 0.15) is 10.8 Å². The zero-order valence-electron chi connectivity index (χ0n) is 16.2. The smallest absolute Gasteiger partial charge is 0.286 e. The Morgan fingerprint density at radius 3 is 2.48 bits per heavy atom. The first-order valence-electron chi connectivity index (χ1n) is 9.17. The molecular formula is C21H22N4O3S. The lowest BCUT2D eigenvalue weighted by Gasteiger charge is -2.13. The molecule has 1 aromatic heterocycles. The second-order valence-electron chi connectivity index (χ2n) is 6.38. The predicted octanol–water partition coefficient (Wildman–Crippen LogP) is 3.61. The molecule has 8 heteroatoms. The first-order valence-corrected chi connectivity index (χ1v) is 9.99. The largest absolute Gasteiger partial charge is 0.497 e. The molecule has 2 N–H and O–H groups in total. The van der Waals surface area contributed by atoms with Gasteiger partial charge in [-0.3, -0.25) is 9.59 Å². The van der Waals surface area contributed by atoms with Crippen molar-refractivity contribution in [1.82, 2.24) is 15.5 Å². The minimum atomic E-state index is -0.332. The number of ether oxygens (including phenoxy) is 1. The molecule has 2 amide bonds. The van der Waals surface area contributed by atoms with Gasteiger partial charge >= 0.3 is 0 Å². The summed E-state index contributed by atoms with van der Waals surface area (Å²) in [4.78, 5) is 24.5. The van der Waals surface area contributed by atoms with Crippen molar-refractivity contribution in [2.24, 2.45) is 0 Å². The molecule has 7 nitrogen and oxygen atoms in total. The monoisotopic (exact) mass is 410 g/mol. The number of aromatic nitrogens is 2. The van der Waals surface area contributed by atoms with Crippen molar-refractivity contribution in [3.63, 3.8) is 0 Å². The molecule has 3 aromatic rings. The first-order chi connectivity index (χ1) is 14.0. The number of nitrogens with one attached hydrogen (secondary N) is 2. The molecule has 1 heterocycles. The normalized spacial score (nSPS) is 11.5. The number of rotatable bonds is 8. The van der Waals surface area contributed by atoms with Gasteiger partial charge in [-0.2, -0.15) is 0 Å². The van der Waals surface area contributed by atoms with Crippen LogP contribution in [0.2, 0.25) is 0 Å². The number of methoxy groups -OCH3 is 1. The van der Waals surface area contributed by atoms with Crippen molar-refractivity contribution in [1.29, 1.82) is 0 Å². The van der Waals surface area contributed by atoms with E-state index in [0.717, 1.165) is 5.56 Å². The average molecular weight is 410 g/mol. The van der Waals surface area contributed by atoms with Crippen molar-refractivity contribution < 1.29 is 14.3 Å². The summed E-state index contributed by atoms with van der Waals surface area (Å²) in [6, 6.07) is 16.7. The lowest BCUT2D eigenvalue weighted by atomic mass is 10.1. The minimum Gasteiger partial charge on any atom is -0.497 e. The van der Waals surface area contributed by atoms with Crippen molar-refractivity contribution in [2.75, 3.05) is 12.4 Å². The van der Waals surface area contributed by atoms with Crippen LogP contribution in [0.5, 0.6) is 5.75 Å². The molecule has 0 saturated heterocycles. The van der Waals surface area contributed by atoms with E-state index in [1.165, 1.54) is 11.3 Å². The van der Waals surface area contributed by atoms with Gasteiger partial charge in [0.25, 0.3) is 5.91 Å². The Morgan fingerprint density at radius 2 is 1.79 bits per heavy atom. The van der Waals surface area contributed by atoms with Gasteiger partial charge in [0.15, 0.2) is 0 Å². The van der Waals surface area contributed by atoms with Crippen molar-refractivity contribution in [2.45, 2.75) is 25.8 Å². The van der Waals surface area contributed by atoms with E-state index in [-0.39, 0.29) is 29.3 Å². The zero-order valence-corrected chi connectivity index (χ0v) is 17.0. The molecule has 0 fully saturated rings. The van der Waals surface area contributed by atoms with Gasteiger partial charge in [0.2, 0.25) is 10.9 Å². The van der Waals surface area contributed by atoms with Crippen LogP contribution in [0.1, 0.15) is 39.8 Å². The van der Waals surface area contributed by atoms with E-state index in [9.17, 15) is 9.59 Å². The van der Waals surface area contributed by atoms with Gasteiger partial charge in [0.05, 0.1) is 13.2 Å². The van der Waals surface area contributed by atoms with Crippen LogP contribution in [0.15, 0.2) is 54.6 Å². The standard InChI is InChI=1S/C21H22N4O3S/c1-14(15-6-4-3-5-7-15)22-18(26)12-13-19-24-25-21(29-19)20(27)23-16-8-10-17(28-2)11-9-16/h3-11,14H,12-13H2,1-2H3,(H,22,26)(H,23,27)/t14-/m0/s1. The summed E-state index contributed by atoms with van der Waals surface area (Å²) < 4.78 is 5.09. The summed E-state index contributed by atoms with van der Waals surface area (Å²) in [6.07, 6.45) is 0.715. The number of carbonyl (C=O) groups excluding carboxylic acids is 2. The molecule has 0 bridgehead atoms. The summed E-state index contributed by atoms with van der Waals surface area (Å²) in [7, 11) is 1.58. The molecule has 0 aliphatic carbocycles. The van der Waals surface area contributed by atoms with Crippen LogP contribution >= 0.6 is 11.3 Å². The van der Waals surface area contributed by atoms with Gasteiger partial charge in [-0.15, -0.1) is 10.2 Å². The van der Waals surface area contributed by atoms with Crippen LogP contribution in [0.3, 0.4) is 0 Å². The molecule has 0 aliphatic rings. The maximum atomic E-state index is 12.3. The number of hydrogen-bond donors (Lipinski definition) is 2. The van der Waals surface area contributed by atoms with Gasteiger partial charge in [0, 0.05) is 18.5 Å². The van der Waals surface area contributed by atoms with E-state index in [4.69, 9.17) is 4.74 Å². The second kappa shape index (κ2) is 9.79. The molecule has 0 radical (unpaired) electrons. The summed E-state index contributed by atoms with van der Waals surface area (Å²) in [6.45, 7) is 1.94. The predicted molar refractivity (Wildman–Crippen MR) is 112 cm³/mol. The Morgan fingerprint density at radius 1 is 1.07 bits per heavy atom. The van der Waals surface area contributed by atoms with Crippen molar-refractivity contribution in [3.8, 4) is 5.75 Å². The summed E-state index contributed by atoms with van der Waals surface area (Å²) in [5, 5.41) is 14.6. The minimum absolute atomic E-state index is 0.0658. The van der Waals surface area contributed by atoms with E-state index in [0.29, 0.717) is 22.9 Å². The number of hydrogen-bond acceptors (Lipinski definition) is 6. The topological polar surface area (TPSA) is 93.2 Å². The molecular weight excluding hydrogens is 388 g/mol. The molecule has 29 heavy (non-hydrogen) atoms. The number of carbonyl (C=O) groups is 2. The highest BCUT2D eigenvalue weighted by atomic mass is 32.1. The third-order valence-electron chi connectivity index (χ3n) is 4.25. The fraction of sp³-hybridized carbons (Fsp3) is 0.238. The third-order valence-corrected chi connectivity index (χ3v) is 5.23. The van der Waals surface area contributed by atoms with Crippen molar-refractivity contribution >= 4 is 28.8 Å². The number of benzene rings is 2. The van der Waals surface area contributed by atoms with Gasteiger partial charge < -0.3 is 15.4 Å². The fourth-order valence-electron chi connectivity index (χ4n) is 2.66. The lowest BCUT2D eigenvalue weighted by Crippen LogP contribution is -2.26. The highest BCUT2D eigenvalue weighted by Gasteiger charge is 2.15. The summed E-state index contributed by atoms with van der Waals surface area (Å²) in [5.41, 5.74) is 1.69. The van der Waals surface area contributed by atoms with Crippen LogP contribution in [0.25, 0.3) is 0 Å². The quantitative estimate of drug-likeness (QED) is 0.592. The Labute approximate surface area is 173 Å². The second-order valence-corrected chi connectivity index (χ2v) is 7.45. The van der Waals surface area contributed by atoms with E-state index in [1.807, 2.05) is 37.3 Å². The maximum absolute atomic E-state index is 12.3. The Hall–Kier alpha value is -3.26. The lowest BCUT2D eigenvalue weighted by molar-refractivity contribution is -0.121. The van der Waals surface area contributed by atoms with E-state index in [1.54, 1.807) is 31.4 Å². The summed E-state index contributed by atoms with van der Waals surface area (Å²) in [5.74, 6) is 0.308. The highest BCUT2D eigenvalue weighted by Crippen LogP contribution is 2.18. The Kier molecular flexibility index (Phi) is 6.91. The molecule has 0 saturated carbocycles. The van der Waals surface area contributed by atoms with Crippen molar-refractivity contribution in [3.05, 3.63) is 70.2 Å². The van der Waals surface area contributed by atoms with Gasteiger partial charge in [-0.25, -0.2) is 0 Å². The van der Waals surface area contributed by atoms with Crippen LogP contribution in [0, 0.1) is 0 Å². The number of amides is 2. The first kappa shape index (κ1) is 20.5. The van der Waals surface area contributed by atoms with Crippen LogP contribution in [-0.4, -0.2) is 29.1 Å². The Balaban J connectivity index is 1.49. The molecule has 3 rings (SSSR count). The molecule has 0 aliphatic heterocycles. The maximum Gasteiger partial charge on any atom is 0.286 e. The SMILES string of the molecule is COc1ccc(NC(=O)c2nnc(CCC(=O)N[C@@H](C)c3ccccc3)s2)cc1. The molecule has 150 valence electrons. The third kappa shape index (κ3) is 5.86. The molecule has 1 atom stereocenters. The van der Waals surface area contributed by atoms with Gasteiger partial charge in [-0.1, -0.05) is 41.7 Å². The van der Waals surface area contributed by atoms with Crippen LogP contribution in [-0.2, 0) is 11.2 Å². The fourth-order valence-corrected chi connectivity index (χ4v) is 3.40. The van der Waals surface area contributed by atoms with E-state index < -0.39 is 0 Å².